The van der Waals surface area contributed by atoms with Crippen LogP contribution in [-0.4, -0.2) is 76.7 Å². The summed E-state index contributed by atoms with van der Waals surface area (Å²) in [7, 11) is 5.90. The topological polar surface area (TPSA) is 157 Å². The Hall–Kier alpha value is -6.88. The Morgan fingerprint density at radius 3 is 1.52 bits per heavy atom. The van der Waals surface area contributed by atoms with Crippen LogP contribution in [0.2, 0.25) is 0 Å². The maximum atomic E-state index is 6.21. The first kappa shape index (κ1) is 51.5. The van der Waals surface area contributed by atoms with Gasteiger partial charge in [-0.3, -0.25) is 0 Å². The summed E-state index contributed by atoms with van der Waals surface area (Å²) in [6.07, 6.45) is 6.60. The molecule has 5 heterocycles. The number of anilines is 2. The molecule has 1 fully saturated rings. The van der Waals surface area contributed by atoms with Crippen LogP contribution < -0.4 is 35.0 Å². The predicted molar refractivity (Wildman–Crippen MR) is 280 cm³/mol. The van der Waals surface area contributed by atoms with Gasteiger partial charge in [0.15, 0.2) is 11.5 Å². The number of halogens is 1. The zero-order valence-electron chi connectivity index (χ0n) is 39.9. The van der Waals surface area contributed by atoms with E-state index in [2.05, 4.69) is 134 Å². The fraction of sp³-hybridized carbons (Fsp3) is 0.283. The Morgan fingerprint density at radius 2 is 1.01 bits per heavy atom. The van der Waals surface area contributed by atoms with E-state index in [0.717, 1.165) is 54.5 Å². The molecule has 4 aromatic heterocycles. The second kappa shape index (κ2) is 22.9. The predicted octanol–water partition coefficient (Wildman–Crippen LogP) is 11.5. The van der Waals surface area contributed by atoms with Crippen LogP contribution in [0.3, 0.4) is 0 Å². The zero-order valence-corrected chi connectivity index (χ0v) is 41.5. The molecule has 0 bridgehead atoms. The fourth-order valence-electron chi connectivity index (χ4n) is 7.32. The van der Waals surface area contributed by atoms with Crippen molar-refractivity contribution in [1.29, 1.82) is 0 Å². The van der Waals surface area contributed by atoms with Gasteiger partial charge in [0.05, 0.1) is 50.7 Å². The van der Waals surface area contributed by atoms with Crippen molar-refractivity contribution in [1.82, 2.24) is 29.9 Å². The van der Waals surface area contributed by atoms with Crippen molar-refractivity contribution in [2.45, 2.75) is 72.3 Å². The highest BCUT2D eigenvalue weighted by Crippen LogP contribution is 2.37. The van der Waals surface area contributed by atoms with Gasteiger partial charge in [0.1, 0.15) is 24.3 Å². The highest BCUT2D eigenvalue weighted by Gasteiger charge is 2.51. The summed E-state index contributed by atoms with van der Waals surface area (Å²) in [6, 6.07) is 36.7. The molecule has 2 unspecified atom stereocenters. The smallest absolute Gasteiger partial charge is 0.491 e. The molecular weight excluding hydrogens is 935 g/mol. The zero-order chi connectivity index (χ0) is 48.4. The molecule has 1 saturated heterocycles. The van der Waals surface area contributed by atoms with Crippen LogP contribution in [0.1, 0.15) is 72.2 Å². The molecule has 0 saturated carbocycles. The number of nitrogens with one attached hydrogen (secondary N) is 2. The lowest BCUT2D eigenvalue weighted by Gasteiger charge is -2.32. The number of aromatic nitrogens is 6. The molecule has 0 spiro atoms. The van der Waals surface area contributed by atoms with E-state index in [0.29, 0.717) is 23.3 Å². The molecule has 14 nitrogen and oxygen atoms in total. The van der Waals surface area contributed by atoms with Gasteiger partial charge >= 0.3 is 7.12 Å². The second-order valence-electron chi connectivity index (χ2n) is 16.9. The third kappa shape index (κ3) is 12.2. The molecule has 1 aliphatic rings. The van der Waals surface area contributed by atoms with Gasteiger partial charge in [-0.1, -0.05) is 80.2 Å². The van der Waals surface area contributed by atoms with Crippen molar-refractivity contribution >= 4 is 62.0 Å². The Bertz CT molecular complexity index is 2940. The Morgan fingerprint density at radius 1 is 0.536 bits per heavy atom. The van der Waals surface area contributed by atoms with Crippen molar-refractivity contribution in [3.05, 3.63) is 150 Å². The fourth-order valence-corrected chi connectivity index (χ4v) is 7.63. The van der Waals surface area contributed by atoms with Crippen LogP contribution in [0.5, 0.6) is 23.3 Å². The van der Waals surface area contributed by atoms with Crippen LogP contribution in [0.25, 0.3) is 32.9 Å². The number of fused-ring (bicyclic) bond motifs is 2. The maximum absolute atomic E-state index is 6.21. The molecule has 1 aliphatic heterocycles. The van der Waals surface area contributed by atoms with E-state index in [4.69, 9.17) is 28.3 Å². The van der Waals surface area contributed by atoms with E-state index in [9.17, 15) is 0 Å². The minimum Gasteiger partial charge on any atom is -0.491 e. The van der Waals surface area contributed by atoms with Crippen molar-refractivity contribution in [2.24, 2.45) is 0 Å². The first-order valence-electron chi connectivity index (χ1n) is 22.0. The number of ether oxygens (including phenoxy) is 4. The quantitative estimate of drug-likeness (QED) is 0.111. The van der Waals surface area contributed by atoms with E-state index in [1.54, 1.807) is 59.6 Å². The molecule has 0 radical (unpaired) electrons. The standard InChI is InChI=1S/C23H22N4O2.C22H26BN3O2.C7H8BrNO2.CH4/c1-15(16-7-5-4-6-8-16)27-22-19-11-17(9-10-20(19)25-14-26-22)18-12-21(28-2)23(29-3)24-13-18;1-15(16-9-7-6-8-10-16)26-20-18-13-17(11-12-19(18)24-14-25-20)23-27-21(2,3)22(4,5)28-23;1-10-6-3-5(8)4-9-7(6)11-2;/h4-15H,1-3H3,(H,25,26,27);6-15H,1-5H3,(H,24,25,26);3-4H,1-2H3;1H4. The average molecular weight is 996 g/mol. The number of methoxy groups -OCH3 is 4. The van der Waals surface area contributed by atoms with Crippen LogP contribution in [0.15, 0.2) is 139 Å². The first-order valence-corrected chi connectivity index (χ1v) is 22.8. The average Bonchev–Trinajstić information content (AvgIpc) is 3.59. The Labute approximate surface area is 413 Å². The summed E-state index contributed by atoms with van der Waals surface area (Å²) in [5, 5.41) is 8.93. The number of benzene rings is 4. The van der Waals surface area contributed by atoms with Crippen LogP contribution >= 0.6 is 15.9 Å². The van der Waals surface area contributed by atoms with Gasteiger partial charge in [-0.2, -0.15) is 0 Å². The van der Waals surface area contributed by atoms with Gasteiger partial charge in [0.25, 0.3) is 11.8 Å². The van der Waals surface area contributed by atoms with Crippen molar-refractivity contribution in [3.8, 4) is 34.4 Å². The number of hydrogen-bond donors (Lipinski definition) is 2. The lowest BCUT2D eigenvalue weighted by atomic mass is 9.78. The molecule has 4 aromatic carbocycles. The summed E-state index contributed by atoms with van der Waals surface area (Å²) in [5.41, 5.74) is 6.31. The molecular formula is C53H60BBrN8O6. The third-order valence-corrected chi connectivity index (χ3v) is 12.3. The van der Waals surface area contributed by atoms with E-state index >= 15 is 0 Å². The van der Waals surface area contributed by atoms with Gasteiger partial charge in [0, 0.05) is 51.4 Å². The molecule has 69 heavy (non-hydrogen) atoms. The van der Waals surface area contributed by atoms with Crippen molar-refractivity contribution in [2.75, 3.05) is 39.1 Å². The summed E-state index contributed by atoms with van der Waals surface area (Å²) >= 11 is 3.27. The SMILES string of the molecule is C.CC(Nc1ncnc2ccc(B3OC(C)(C)C(C)(C)O3)cc12)c1ccccc1.COc1cc(-c2ccc3ncnc(NC(C)c4ccccc4)c3c2)cnc1OC.COc1cc(Br)cnc1OC. The van der Waals surface area contributed by atoms with Gasteiger partial charge in [-0.25, -0.2) is 29.9 Å². The maximum Gasteiger partial charge on any atom is 0.494 e. The van der Waals surface area contributed by atoms with E-state index in [1.807, 2.05) is 66.7 Å². The molecule has 0 aliphatic carbocycles. The van der Waals surface area contributed by atoms with Gasteiger partial charge in [-0.05, 0) is 110 Å². The number of pyridine rings is 2. The molecule has 2 N–H and O–H groups in total. The van der Waals surface area contributed by atoms with E-state index < -0.39 is 7.12 Å². The molecule has 358 valence electrons. The summed E-state index contributed by atoms with van der Waals surface area (Å²) in [5.74, 6) is 3.77. The molecule has 9 rings (SSSR count). The van der Waals surface area contributed by atoms with Crippen LogP contribution in [0.4, 0.5) is 11.6 Å². The third-order valence-electron chi connectivity index (χ3n) is 11.9. The molecule has 8 aromatic rings. The lowest BCUT2D eigenvalue weighted by Crippen LogP contribution is -2.41. The second-order valence-corrected chi connectivity index (χ2v) is 17.8. The highest BCUT2D eigenvalue weighted by molar-refractivity contribution is 9.10. The number of hydrogen-bond acceptors (Lipinski definition) is 14. The van der Waals surface area contributed by atoms with Crippen molar-refractivity contribution in [3.63, 3.8) is 0 Å². The molecule has 2 atom stereocenters. The van der Waals surface area contributed by atoms with Crippen molar-refractivity contribution < 1.29 is 28.3 Å². The first-order chi connectivity index (χ1) is 32.7. The summed E-state index contributed by atoms with van der Waals surface area (Å²) < 4.78 is 33.8. The highest BCUT2D eigenvalue weighted by atomic mass is 79.9. The Kier molecular flexibility index (Phi) is 17.1. The summed E-state index contributed by atoms with van der Waals surface area (Å²) in [4.78, 5) is 26.1. The number of rotatable bonds is 12. The van der Waals surface area contributed by atoms with Gasteiger partial charge < -0.3 is 38.9 Å². The molecule has 0 amide bonds. The van der Waals surface area contributed by atoms with Gasteiger partial charge in [0.2, 0.25) is 0 Å². The normalized spacial score (nSPS) is 14.2. The summed E-state index contributed by atoms with van der Waals surface area (Å²) in [6.45, 7) is 12.5. The van der Waals surface area contributed by atoms with E-state index in [-0.39, 0.29) is 30.7 Å². The Balaban J connectivity index is 0.000000185. The van der Waals surface area contributed by atoms with Gasteiger partial charge in [-0.15, -0.1) is 0 Å². The monoisotopic (exact) mass is 994 g/mol. The van der Waals surface area contributed by atoms with Crippen LogP contribution in [0, 0.1) is 0 Å². The minimum atomic E-state index is -0.408. The number of nitrogens with zero attached hydrogens (tertiary/aromatic N) is 6. The lowest BCUT2D eigenvalue weighted by molar-refractivity contribution is 0.00578. The largest absolute Gasteiger partial charge is 0.494 e. The van der Waals surface area contributed by atoms with Crippen LogP contribution in [-0.2, 0) is 9.31 Å². The van der Waals surface area contributed by atoms with E-state index in [1.165, 1.54) is 11.1 Å². The molecule has 16 heteroatoms. The minimum absolute atomic E-state index is 0.